The van der Waals surface area contributed by atoms with E-state index in [0.717, 1.165) is 22.4 Å². The van der Waals surface area contributed by atoms with Gasteiger partial charge in [-0.05, 0) is 35.7 Å². The predicted octanol–water partition coefficient (Wildman–Crippen LogP) is 4.64. The van der Waals surface area contributed by atoms with Crippen LogP contribution < -0.4 is 9.47 Å². The normalized spacial score (nSPS) is 11.1. The van der Waals surface area contributed by atoms with Crippen LogP contribution in [-0.2, 0) is 0 Å². The van der Waals surface area contributed by atoms with Gasteiger partial charge in [-0.2, -0.15) is 0 Å². The minimum Gasteiger partial charge on any atom is -0.497 e. The van der Waals surface area contributed by atoms with Gasteiger partial charge in [-0.3, -0.25) is 0 Å². The molecule has 1 heterocycles. The molecule has 1 aromatic heterocycles. The first-order valence-electron chi connectivity index (χ1n) is 7.25. The van der Waals surface area contributed by atoms with E-state index in [1.807, 2.05) is 24.3 Å². The first-order chi connectivity index (χ1) is 10.6. The number of methoxy groups -OCH3 is 2. The van der Waals surface area contributed by atoms with Crippen molar-refractivity contribution in [1.82, 2.24) is 4.98 Å². The Hall–Kier alpha value is -2.49. The van der Waals surface area contributed by atoms with Crippen molar-refractivity contribution < 1.29 is 13.9 Å². The summed E-state index contributed by atoms with van der Waals surface area (Å²) < 4.78 is 16.5. The second-order valence-electron chi connectivity index (χ2n) is 5.47. The summed E-state index contributed by atoms with van der Waals surface area (Å²) in [5, 5.41) is 0. The summed E-state index contributed by atoms with van der Waals surface area (Å²) in [4.78, 5) is 4.60. The monoisotopic (exact) mass is 297 g/mol. The Kier molecular flexibility index (Phi) is 3.75. The van der Waals surface area contributed by atoms with E-state index < -0.39 is 0 Å². The van der Waals surface area contributed by atoms with Crippen LogP contribution in [0, 0.1) is 0 Å². The lowest BCUT2D eigenvalue weighted by Gasteiger charge is -2.07. The third-order valence-electron chi connectivity index (χ3n) is 3.72. The Morgan fingerprint density at radius 2 is 1.82 bits per heavy atom. The van der Waals surface area contributed by atoms with Gasteiger partial charge < -0.3 is 13.9 Å². The molecule has 22 heavy (non-hydrogen) atoms. The molecule has 2 aromatic carbocycles. The molecule has 0 aliphatic heterocycles. The molecule has 0 amide bonds. The van der Waals surface area contributed by atoms with Gasteiger partial charge in [0.05, 0.1) is 19.8 Å². The molecule has 0 N–H and O–H groups in total. The van der Waals surface area contributed by atoms with Gasteiger partial charge in [-0.25, -0.2) is 4.98 Å². The zero-order valence-electron chi connectivity index (χ0n) is 13.2. The lowest BCUT2D eigenvalue weighted by molar-refractivity contribution is 0.394. The van der Waals surface area contributed by atoms with Gasteiger partial charge in [0.25, 0.3) is 0 Å². The molecule has 3 rings (SSSR count). The van der Waals surface area contributed by atoms with E-state index in [-0.39, 0.29) is 0 Å². The molecule has 114 valence electrons. The van der Waals surface area contributed by atoms with Crippen molar-refractivity contribution in [2.24, 2.45) is 0 Å². The van der Waals surface area contributed by atoms with E-state index in [2.05, 4.69) is 31.0 Å². The Bertz CT molecular complexity index is 805. The molecule has 4 heteroatoms. The molecule has 0 aliphatic carbocycles. The summed E-state index contributed by atoms with van der Waals surface area (Å²) >= 11 is 0. The minimum atomic E-state index is 0.458. The van der Waals surface area contributed by atoms with Gasteiger partial charge in [-0.1, -0.05) is 19.9 Å². The van der Waals surface area contributed by atoms with Crippen molar-refractivity contribution >= 4 is 11.1 Å². The summed E-state index contributed by atoms with van der Waals surface area (Å²) in [6, 6.07) is 11.7. The Morgan fingerprint density at radius 3 is 2.50 bits per heavy atom. The second kappa shape index (κ2) is 5.72. The van der Waals surface area contributed by atoms with Gasteiger partial charge >= 0.3 is 0 Å². The summed E-state index contributed by atoms with van der Waals surface area (Å²) in [7, 11) is 3.25. The molecule has 0 unspecified atom stereocenters. The van der Waals surface area contributed by atoms with Crippen molar-refractivity contribution in [3.05, 3.63) is 42.0 Å². The highest BCUT2D eigenvalue weighted by atomic mass is 16.5. The number of oxazole rings is 1. The fraction of sp³-hybridized carbons (Fsp3) is 0.278. The zero-order chi connectivity index (χ0) is 15.7. The summed E-state index contributed by atoms with van der Waals surface area (Å²) in [5.74, 6) is 2.42. The van der Waals surface area contributed by atoms with E-state index in [0.29, 0.717) is 17.6 Å². The third-order valence-corrected chi connectivity index (χ3v) is 3.72. The molecule has 3 aromatic rings. The highest BCUT2D eigenvalue weighted by Gasteiger charge is 2.14. The summed E-state index contributed by atoms with van der Waals surface area (Å²) in [6.45, 7) is 4.32. The average molecular weight is 297 g/mol. The number of benzene rings is 2. The number of hydrogen-bond donors (Lipinski definition) is 0. The maximum Gasteiger partial charge on any atom is 0.231 e. The van der Waals surface area contributed by atoms with E-state index in [1.165, 1.54) is 5.56 Å². The summed E-state index contributed by atoms with van der Waals surface area (Å²) in [6.07, 6.45) is 0. The molecule has 0 spiro atoms. The molecule has 0 radical (unpaired) electrons. The van der Waals surface area contributed by atoms with Gasteiger partial charge in [0, 0.05) is 6.07 Å². The number of hydrogen-bond acceptors (Lipinski definition) is 4. The highest BCUT2D eigenvalue weighted by molar-refractivity contribution is 5.78. The van der Waals surface area contributed by atoms with E-state index in [9.17, 15) is 0 Å². The topological polar surface area (TPSA) is 44.5 Å². The molecule has 4 nitrogen and oxygen atoms in total. The molecule has 0 fully saturated rings. The number of nitrogens with zero attached hydrogens (tertiary/aromatic N) is 1. The maximum atomic E-state index is 5.87. The van der Waals surface area contributed by atoms with E-state index in [1.54, 1.807) is 14.2 Å². The number of fused-ring (bicyclic) bond motifs is 1. The van der Waals surface area contributed by atoms with Crippen molar-refractivity contribution in [1.29, 1.82) is 0 Å². The van der Waals surface area contributed by atoms with Crippen LogP contribution in [-0.4, -0.2) is 19.2 Å². The fourth-order valence-corrected chi connectivity index (χ4v) is 2.39. The molecular weight excluding hydrogens is 278 g/mol. The molecule has 0 saturated heterocycles. The first kappa shape index (κ1) is 14.4. The van der Waals surface area contributed by atoms with E-state index >= 15 is 0 Å². The minimum absolute atomic E-state index is 0.458. The molecule has 0 aliphatic rings. The standard InChI is InChI=1S/C18H19NO3/c1-11(2)12-5-8-16-15(9-12)19-18(22-16)14-7-6-13(20-3)10-17(14)21-4/h5-11H,1-4H3. The second-order valence-corrected chi connectivity index (χ2v) is 5.47. The lowest BCUT2D eigenvalue weighted by atomic mass is 10.0. The fourth-order valence-electron chi connectivity index (χ4n) is 2.39. The molecule has 0 atom stereocenters. The van der Waals surface area contributed by atoms with Crippen LogP contribution in [0.2, 0.25) is 0 Å². The first-order valence-corrected chi connectivity index (χ1v) is 7.25. The smallest absolute Gasteiger partial charge is 0.231 e. The van der Waals surface area contributed by atoms with Crippen LogP contribution in [0.25, 0.3) is 22.6 Å². The van der Waals surface area contributed by atoms with Crippen molar-refractivity contribution in [3.63, 3.8) is 0 Å². The lowest BCUT2D eigenvalue weighted by Crippen LogP contribution is -1.90. The van der Waals surface area contributed by atoms with Crippen LogP contribution in [0.4, 0.5) is 0 Å². The van der Waals surface area contributed by atoms with Gasteiger partial charge in [0.15, 0.2) is 5.58 Å². The third kappa shape index (κ3) is 2.52. The van der Waals surface area contributed by atoms with Crippen molar-refractivity contribution in [2.75, 3.05) is 14.2 Å². The van der Waals surface area contributed by atoms with Crippen LogP contribution >= 0.6 is 0 Å². The van der Waals surface area contributed by atoms with Gasteiger partial charge in [0.2, 0.25) is 5.89 Å². The summed E-state index contributed by atoms with van der Waals surface area (Å²) in [5.41, 5.74) is 3.69. The largest absolute Gasteiger partial charge is 0.497 e. The number of ether oxygens (including phenoxy) is 2. The Balaban J connectivity index is 2.10. The molecule has 0 bridgehead atoms. The Labute approximate surface area is 129 Å². The SMILES string of the molecule is COc1ccc(-c2nc3cc(C(C)C)ccc3o2)c(OC)c1. The van der Waals surface area contributed by atoms with Crippen LogP contribution in [0.1, 0.15) is 25.3 Å². The van der Waals surface area contributed by atoms with Crippen LogP contribution in [0.3, 0.4) is 0 Å². The number of aromatic nitrogens is 1. The maximum absolute atomic E-state index is 5.87. The van der Waals surface area contributed by atoms with E-state index in [4.69, 9.17) is 13.9 Å². The zero-order valence-corrected chi connectivity index (χ0v) is 13.2. The van der Waals surface area contributed by atoms with Gasteiger partial charge in [0.1, 0.15) is 17.0 Å². The highest BCUT2D eigenvalue weighted by Crippen LogP contribution is 2.34. The van der Waals surface area contributed by atoms with Crippen molar-refractivity contribution in [3.8, 4) is 23.0 Å². The number of rotatable bonds is 4. The van der Waals surface area contributed by atoms with Crippen molar-refractivity contribution in [2.45, 2.75) is 19.8 Å². The van der Waals surface area contributed by atoms with Gasteiger partial charge in [-0.15, -0.1) is 0 Å². The van der Waals surface area contributed by atoms with Crippen LogP contribution in [0.15, 0.2) is 40.8 Å². The average Bonchev–Trinajstić information content (AvgIpc) is 2.96. The van der Waals surface area contributed by atoms with Crippen LogP contribution in [0.5, 0.6) is 11.5 Å². The molecular formula is C18H19NO3. The quantitative estimate of drug-likeness (QED) is 0.704. The predicted molar refractivity (Wildman–Crippen MR) is 86.6 cm³/mol. The molecule has 0 saturated carbocycles. The Morgan fingerprint density at radius 1 is 1.00 bits per heavy atom.